The fraction of sp³-hybridized carbons (Fsp3) is 0.357. The highest BCUT2D eigenvalue weighted by molar-refractivity contribution is 5.38. The summed E-state index contributed by atoms with van der Waals surface area (Å²) in [5.74, 6) is 0.621. The standard InChI is InChI=1S/C14H15N3O3/c1-14(2)12(18)11(17-7-3-5-16-13(17)19)9-8-15-6-4-10(9)20-14/h3-8,11-12,18H,1-2H3/t11-,12+/m0/s1. The minimum atomic E-state index is -0.888. The molecule has 0 radical (unpaired) electrons. The zero-order chi connectivity index (χ0) is 14.3. The van der Waals surface area contributed by atoms with Gasteiger partial charge in [0.2, 0.25) is 0 Å². The Labute approximate surface area is 115 Å². The molecule has 0 amide bonds. The highest BCUT2D eigenvalue weighted by Crippen LogP contribution is 2.40. The fourth-order valence-corrected chi connectivity index (χ4v) is 2.49. The monoisotopic (exact) mass is 273 g/mol. The average Bonchev–Trinajstić information content (AvgIpc) is 2.41. The number of pyridine rings is 1. The molecule has 20 heavy (non-hydrogen) atoms. The lowest BCUT2D eigenvalue weighted by Gasteiger charge is -2.42. The van der Waals surface area contributed by atoms with Gasteiger partial charge in [0.05, 0.1) is 6.04 Å². The molecule has 1 aliphatic rings. The number of ether oxygens (including phenoxy) is 1. The van der Waals surface area contributed by atoms with E-state index in [2.05, 4.69) is 9.97 Å². The molecule has 0 aromatic carbocycles. The van der Waals surface area contributed by atoms with Crippen LogP contribution in [0.15, 0.2) is 41.7 Å². The van der Waals surface area contributed by atoms with Crippen molar-refractivity contribution >= 4 is 0 Å². The largest absolute Gasteiger partial charge is 0.485 e. The number of aromatic nitrogens is 3. The second kappa shape index (κ2) is 4.42. The molecule has 0 saturated carbocycles. The highest BCUT2D eigenvalue weighted by Gasteiger charge is 2.44. The highest BCUT2D eigenvalue weighted by atomic mass is 16.5. The van der Waals surface area contributed by atoms with Gasteiger partial charge >= 0.3 is 5.69 Å². The summed E-state index contributed by atoms with van der Waals surface area (Å²) in [6.45, 7) is 3.57. The quantitative estimate of drug-likeness (QED) is 0.830. The van der Waals surface area contributed by atoms with Crippen LogP contribution in [0.3, 0.4) is 0 Å². The van der Waals surface area contributed by atoms with Gasteiger partial charge in [0.1, 0.15) is 17.5 Å². The summed E-state index contributed by atoms with van der Waals surface area (Å²) in [6.07, 6.45) is 5.38. The number of hydrogen-bond acceptors (Lipinski definition) is 5. The number of aliphatic hydroxyl groups is 1. The lowest BCUT2D eigenvalue weighted by molar-refractivity contribution is -0.0646. The molecule has 0 aliphatic carbocycles. The van der Waals surface area contributed by atoms with Crippen molar-refractivity contribution in [1.82, 2.24) is 14.5 Å². The molecule has 0 fully saturated rings. The van der Waals surface area contributed by atoms with Gasteiger partial charge in [-0.3, -0.25) is 9.55 Å². The smallest absolute Gasteiger partial charge is 0.348 e. The van der Waals surface area contributed by atoms with E-state index in [1.165, 1.54) is 10.8 Å². The van der Waals surface area contributed by atoms with Gasteiger partial charge in [0.25, 0.3) is 0 Å². The number of aliphatic hydroxyl groups excluding tert-OH is 1. The van der Waals surface area contributed by atoms with E-state index < -0.39 is 23.4 Å². The van der Waals surface area contributed by atoms with Crippen molar-refractivity contribution in [2.24, 2.45) is 0 Å². The third-order valence-electron chi connectivity index (χ3n) is 3.55. The van der Waals surface area contributed by atoms with Gasteiger partial charge in [0, 0.05) is 30.4 Å². The van der Waals surface area contributed by atoms with Crippen LogP contribution in [0.1, 0.15) is 25.5 Å². The Morgan fingerprint density at radius 3 is 2.95 bits per heavy atom. The van der Waals surface area contributed by atoms with Crippen LogP contribution in [0, 0.1) is 0 Å². The molecule has 104 valence electrons. The van der Waals surface area contributed by atoms with E-state index in [4.69, 9.17) is 4.74 Å². The van der Waals surface area contributed by atoms with Crippen LogP contribution < -0.4 is 10.4 Å². The average molecular weight is 273 g/mol. The van der Waals surface area contributed by atoms with Gasteiger partial charge in [-0.2, -0.15) is 0 Å². The first-order valence-electron chi connectivity index (χ1n) is 6.35. The summed E-state index contributed by atoms with van der Waals surface area (Å²) in [4.78, 5) is 19.8. The maximum atomic E-state index is 12.0. The molecule has 1 N–H and O–H groups in total. The predicted octanol–water partition coefficient (Wildman–Crippen LogP) is 0.760. The van der Waals surface area contributed by atoms with Crippen molar-refractivity contribution in [2.45, 2.75) is 31.6 Å². The van der Waals surface area contributed by atoms with Crippen LogP contribution >= 0.6 is 0 Å². The lowest BCUT2D eigenvalue weighted by Crippen LogP contribution is -2.52. The van der Waals surface area contributed by atoms with Crippen LogP contribution in [-0.4, -0.2) is 31.3 Å². The second-order valence-corrected chi connectivity index (χ2v) is 5.32. The molecule has 6 heteroatoms. The Morgan fingerprint density at radius 1 is 1.40 bits per heavy atom. The fourth-order valence-electron chi connectivity index (χ4n) is 2.49. The Morgan fingerprint density at radius 2 is 2.20 bits per heavy atom. The number of hydrogen-bond donors (Lipinski definition) is 1. The second-order valence-electron chi connectivity index (χ2n) is 5.32. The molecule has 0 bridgehead atoms. The molecule has 0 unspecified atom stereocenters. The zero-order valence-electron chi connectivity index (χ0n) is 11.2. The summed E-state index contributed by atoms with van der Waals surface area (Å²) in [7, 11) is 0. The van der Waals surface area contributed by atoms with E-state index in [1.54, 1.807) is 44.6 Å². The third-order valence-corrected chi connectivity index (χ3v) is 3.55. The Kier molecular flexibility index (Phi) is 2.83. The normalized spacial score (nSPS) is 23.8. The molecular weight excluding hydrogens is 258 g/mol. The summed E-state index contributed by atoms with van der Waals surface area (Å²) in [6, 6.07) is 2.83. The van der Waals surface area contributed by atoms with Crippen LogP contribution in [0.5, 0.6) is 5.75 Å². The Balaban J connectivity index is 2.23. The topological polar surface area (TPSA) is 77.2 Å². The molecule has 6 nitrogen and oxygen atoms in total. The van der Waals surface area contributed by atoms with E-state index in [1.807, 2.05) is 0 Å². The van der Waals surface area contributed by atoms with Gasteiger partial charge in [-0.15, -0.1) is 0 Å². The van der Waals surface area contributed by atoms with E-state index in [-0.39, 0.29) is 0 Å². The van der Waals surface area contributed by atoms with Crippen LogP contribution in [0.25, 0.3) is 0 Å². The Bertz CT molecular complexity index is 696. The third kappa shape index (κ3) is 1.89. The molecule has 2 aromatic heterocycles. The first-order chi connectivity index (χ1) is 9.50. The molecule has 1 aliphatic heterocycles. The number of rotatable bonds is 1. The van der Waals surface area contributed by atoms with E-state index in [9.17, 15) is 9.90 Å². The van der Waals surface area contributed by atoms with E-state index in [0.717, 1.165) is 0 Å². The molecule has 3 rings (SSSR count). The van der Waals surface area contributed by atoms with Gasteiger partial charge in [-0.1, -0.05) is 0 Å². The molecule has 2 atom stereocenters. The summed E-state index contributed by atoms with van der Waals surface area (Å²) in [5, 5.41) is 10.6. The van der Waals surface area contributed by atoms with Crippen molar-refractivity contribution in [3.05, 3.63) is 53.0 Å². The summed E-state index contributed by atoms with van der Waals surface area (Å²) >= 11 is 0. The van der Waals surface area contributed by atoms with Gasteiger partial charge in [-0.05, 0) is 26.0 Å². The van der Waals surface area contributed by atoms with Crippen LogP contribution in [0.2, 0.25) is 0 Å². The SMILES string of the molecule is CC1(C)Oc2ccncc2[C@H](n2cccnc2=O)[C@H]1O. The van der Waals surface area contributed by atoms with Crippen molar-refractivity contribution in [1.29, 1.82) is 0 Å². The lowest BCUT2D eigenvalue weighted by atomic mass is 9.87. The van der Waals surface area contributed by atoms with Gasteiger partial charge < -0.3 is 9.84 Å². The van der Waals surface area contributed by atoms with Crippen molar-refractivity contribution in [2.75, 3.05) is 0 Å². The Hall–Kier alpha value is -2.21. The van der Waals surface area contributed by atoms with Crippen molar-refractivity contribution in [3.8, 4) is 5.75 Å². The van der Waals surface area contributed by atoms with Crippen molar-refractivity contribution in [3.63, 3.8) is 0 Å². The molecule has 2 aromatic rings. The maximum Gasteiger partial charge on any atom is 0.348 e. The first-order valence-corrected chi connectivity index (χ1v) is 6.35. The summed E-state index contributed by atoms with van der Waals surface area (Å²) < 4.78 is 7.21. The van der Waals surface area contributed by atoms with Gasteiger partial charge in [-0.25, -0.2) is 9.78 Å². The van der Waals surface area contributed by atoms with Crippen molar-refractivity contribution < 1.29 is 9.84 Å². The predicted molar refractivity (Wildman–Crippen MR) is 71.6 cm³/mol. The molecule has 0 spiro atoms. The number of fused-ring (bicyclic) bond motifs is 1. The molecular formula is C14H15N3O3. The van der Waals surface area contributed by atoms with E-state index >= 15 is 0 Å². The molecule has 0 saturated heterocycles. The summed E-state index contributed by atoms with van der Waals surface area (Å²) in [5.41, 5.74) is -0.549. The number of nitrogens with zero attached hydrogens (tertiary/aromatic N) is 3. The maximum absolute atomic E-state index is 12.0. The minimum Gasteiger partial charge on any atom is -0.485 e. The van der Waals surface area contributed by atoms with Crippen LogP contribution in [-0.2, 0) is 0 Å². The van der Waals surface area contributed by atoms with E-state index in [0.29, 0.717) is 11.3 Å². The minimum absolute atomic E-state index is 0.413. The zero-order valence-corrected chi connectivity index (χ0v) is 11.2. The van der Waals surface area contributed by atoms with Crippen LogP contribution in [0.4, 0.5) is 0 Å². The van der Waals surface area contributed by atoms with Gasteiger partial charge in [0.15, 0.2) is 0 Å². The molecule has 3 heterocycles. The first kappa shape index (κ1) is 12.8.